The summed E-state index contributed by atoms with van der Waals surface area (Å²) in [7, 11) is -1.24. The van der Waals surface area contributed by atoms with Gasteiger partial charge in [0, 0.05) is 21.2 Å². The number of rotatable bonds is 7. The van der Waals surface area contributed by atoms with Crippen molar-refractivity contribution in [1.82, 2.24) is 9.58 Å². The van der Waals surface area contributed by atoms with Crippen molar-refractivity contribution in [2.24, 2.45) is 16.8 Å². The van der Waals surface area contributed by atoms with E-state index in [1.54, 1.807) is 5.01 Å². The Bertz CT molecular complexity index is 1310. The van der Waals surface area contributed by atoms with Gasteiger partial charge in [0.15, 0.2) is 5.84 Å². The molecule has 0 saturated heterocycles. The lowest BCUT2D eigenvalue weighted by atomic mass is 9.93. The number of benzene rings is 2. The molecule has 2 aromatic carbocycles. The summed E-state index contributed by atoms with van der Waals surface area (Å²) in [6.45, 7) is 8.30. The molecule has 1 aliphatic rings. The number of hydrogen-bond donors (Lipinski definition) is 2. The Hall–Kier alpha value is -2.26. The average Bonchev–Trinajstić information content (AvgIpc) is 3.16. The second-order valence-electron chi connectivity index (χ2n) is 10.6. The summed E-state index contributed by atoms with van der Waals surface area (Å²) in [6.07, 6.45) is 11.0. The van der Waals surface area contributed by atoms with Gasteiger partial charge in [-0.1, -0.05) is 73.1 Å². The Morgan fingerprint density at radius 1 is 1.19 bits per heavy atom. The summed E-state index contributed by atoms with van der Waals surface area (Å²) < 4.78 is 9.67. The van der Waals surface area contributed by atoms with Gasteiger partial charge in [-0.3, -0.25) is 5.01 Å². The van der Waals surface area contributed by atoms with Gasteiger partial charge in [0.2, 0.25) is 0 Å². The molecule has 3 aromatic rings. The molecule has 1 aliphatic carbocycles. The van der Waals surface area contributed by atoms with E-state index in [0.717, 1.165) is 33.9 Å². The molecule has 0 radical (unpaired) electrons. The largest absolute Gasteiger partial charge is 0.335 e. The molecule has 1 aromatic heterocycles. The molecule has 0 spiro atoms. The zero-order valence-electron chi connectivity index (χ0n) is 21.9. The van der Waals surface area contributed by atoms with Crippen LogP contribution >= 0.6 is 26.2 Å². The van der Waals surface area contributed by atoms with Gasteiger partial charge in [-0.2, -0.15) is 5.10 Å². The number of allylic oxidation sites excluding steroid dienone is 1. The Morgan fingerprint density at radius 2 is 1.97 bits per heavy atom. The molecule has 0 atom stereocenters. The van der Waals surface area contributed by atoms with Crippen LogP contribution in [0.4, 0.5) is 0 Å². The smallest absolute Gasteiger partial charge is 0.186 e. The fourth-order valence-corrected chi connectivity index (χ4v) is 5.54. The number of hydrazone groups is 1. The lowest BCUT2D eigenvalue weighted by molar-refractivity contribution is 0.292. The summed E-state index contributed by atoms with van der Waals surface area (Å²) in [5.41, 5.74) is 5.95. The first-order chi connectivity index (χ1) is 17.0. The number of fused-ring (bicyclic) bond motifs is 2. The molecule has 0 aliphatic heterocycles. The van der Waals surface area contributed by atoms with E-state index in [9.17, 15) is 0 Å². The second kappa shape index (κ2) is 10.6. The zero-order valence-corrected chi connectivity index (χ0v) is 24.3. The van der Waals surface area contributed by atoms with Crippen LogP contribution in [0.3, 0.4) is 0 Å². The van der Waals surface area contributed by atoms with Crippen LogP contribution in [0, 0.1) is 0 Å². The van der Waals surface area contributed by atoms with Gasteiger partial charge in [-0.15, -0.1) is 10.3 Å². The highest BCUT2D eigenvalue weighted by molar-refractivity contribution is 9.10. The maximum absolute atomic E-state index is 6.54. The molecule has 0 bridgehead atoms. The normalized spacial score (nSPS) is 14.8. The average molecular weight is 573 g/mol. The summed E-state index contributed by atoms with van der Waals surface area (Å²) in [4.78, 5) is 0. The third-order valence-corrected chi connectivity index (χ3v) is 11.4. The van der Waals surface area contributed by atoms with Gasteiger partial charge in [-0.05, 0) is 60.2 Å². The number of aryl methyl sites for hydroxylation is 1. The molecule has 8 heteroatoms. The van der Waals surface area contributed by atoms with Gasteiger partial charge in [0.25, 0.3) is 0 Å². The summed E-state index contributed by atoms with van der Waals surface area (Å²) in [5.74, 6) is 13.0. The number of amidine groups is 1. The molecule has 6 nitrogen and oxygen atoms in total. The van der Waals surface area contributed by atoms with Gasteiger partial charge < -0.3 is 14.6 Å². The molecule has 0 amide bonds. The minimum Gasteiger partial charge on any atom is -0.335 e. The number of aromatic nitrogens is 1. The van der Waals surface area contributed by atoms with E-state index in [2.05, 4.69) is 107 Å². The van der Waals surface area contributed by atoms with Crippen molar-refractivity contribution < 1.29 is 4.18 Å². The topological polar surface area (TPSA) is 81.8 Å². The molecule has 0 unspecified atom stereocenters. The highest BCUT2D eigenvalue weighted by Crippen LogP contribution is 2.53. The van der Waals surface area contributed by atoms with E-state index in [4.69, 9.17) is 15.9 Å². The number of nitrogens with zero attached hydrogens (tertiary/aromatic N) is 3. The fourth-order valence-electron chi connectivity index (χ4n) is 4.34. The summed E-state index contributed by atoms with van der Waals surface area (Å²) in [5, 5.41) is 6.87. The Balaban J connectivity index is 1.67. The first-order valence-corrected chi connectivity index (χ1v) is 15.4. The number of hydrazine groups is 1. The van der Waals surface area contributed by atoms with Crippen molar-refractivity contribution in [3.05, 3.63) is 75.4 Å². The van der Waals surface area contributed by atoms with Crippen LogP contribution in [-0.2, 0) is 17.1 Å². The monoisotopic (exact) mass is 571 g/mol. The van der Waals surface area contributed by atoms with Crippen LogP contribution in [0.1, 0.15) is 49.6 Å². The quantitative estimate of drug-likeness (QED) is 0.158. The molecule has 0 saturated carbocycles. The lowest BCUT2D eigenvalue weighted by Gasteiger charge is -2.44. The lowest BCUT2D eigenvalue weighted by Crippen LogP contribution is -2.42. The van der Waals surface area contributed by atoms with Crippen LogP contribution < -0.4 is 11.7 Å². The third-order valence-electron chi connectivity index (χ3n) is 7.15. The Labute approximate surface area is 225 Å². The van der Waals surface area contributed by atoms with Crippen LogP contribution in [0.25, 0.3) is 17.0 Å². The Kier molecular flexibility index (Phi) is 7.90. The standard InChI is InChI=1S/C28H38BrN5OS/c1-28(2,3)36(4,5)35-16-15-34(31)27(32-30)26-17-21-13-14-23(29)18-25(21)33(26)19-22-11-8-10-20-9-6-7-12-24(20)22/h7-8,10-14,17-18H,6,9,15-16,19,30-31H2,1-5H3/b32-27-. The van der Waals surface area contributed by atoms with Crippen LogP contribution in [-0.4, -0.2) is 45.8 Å². The van der Waals surface area contributed by atoms with E-state index in [-0.39, 0.29) is 4.75 Å². The van der Waals surface area contributed by atoms with E-state index in [0.29, 0.717) is 25.5 Å². The molecule has 194 valence electrons. The van der Waals surface area contributed by atoms with Gasteiger partial charge in [0.1, 0.15) is 0 Å². The van der Waals surface area contributed by atoms with Crippen LogP contribution in [0.5, 0.6) is 0 Å². The molecular weight excluding hydrogens is 534 g/mol. The van der Waals surface area contributed by atoms with Gasteiger partial charge >= 0.3 is 0 Å². The number of nitrogens with two attached hydrogens (primary N) is 2. The molecule has 4 N–H and O–H groups in total. The first-order valence-electron chi connectivity index (χ1n) is 12.3. The van der Waals surface area contributed by atoms with Crippen LogP contribution in [0.15, 0.2) is 58.1 Å². The van der Waals surface area contributed by atoms with Gasteiger partial charge in [0.05, 0.1) is 24.4 Å². The maximum Gasteiger partial charge on any atom is 0.186 e. The minimum atomic E-state index is -1.24. The van der Waals surface area contributed by atoms with Crippen molar-refractivity contribution >= 4 is 49.1 Å². The highest BCUT2D eigenvalue weighted by Gasteiger charge is 2.29. The molecule has 4 rings (SSSR count). The van der Waals surface area contributed by atoms with Gasteiger partial charge in [-0.25, -0.2) is 5.84 Å². The van der Waals surface area contributed by atoms with Crippen molar-refractivity contribution in [2.75, 3.05) is 25.7 Å². The van der Waals surface area contributed by atoms with Crippen molar-refractivity contribution in [3.8, 4) is 0 Å². The maximum atomic E-state index is 6.54. The predicted octanol–water partition coefficient (Wildman–Crippen LogP) is 6.00. The van der Waals surface area contributed by atoms with E-state index in [1.165, 1.54) is 16.7 Å². The van der Waals surface area contributed by atoms with E-state index >= 15 is 0 Å². The predicted molar refractivity (Wildman–Crippen MR) is 159 cm³/mol. The molecule has 0 fully saturated rings. The van der Waals surface area contributed by atoms with E-state index in [1.807, 2.05) is 6.07 Å². The van der Waals surface area contributed by atoms with E-state index < -0.39 is 10.3 Å². The third kappa shape index (κ3) is 5.52. The number of halogens is 1. The number of hydrogen-bond acceptors (Lipinski definition) is 4. The molecular formula is C28H38BrN5OS. The van der Waals surface area contributed by atoms with Crippen molar-refractivity contribution in [1.29, 1.82) is 0 Å². The zero-order chi connectivity index (χ0) is 26.1. The highest BCUT2D eigenvalue weighted by atomic mass is 79.9. The SMILES string of the molecule is CC(C)(C)S(C)(C)OCCN(N)/C(=N\N)c1cc2ccc(Br)cc2n1Cc1cccc2c1C=CCC2. The fraction of sp³-hybridized carbons (Fsp3) is 0.393. The second-order valence-corrected chi connectivity index (χ2v) is 15.4. The van der Waals surface area contributed by atoms with Crippen LogP contribution in [0.2, 0.25) is 0 Å². The summed E-state index contributed by atoms with van der Waals surface area (Å²) in [6, 6.07) is 15.0. The molecule has 1 heterocycles. The Morgan fingerprint density at radius 3 is 2.69 bits per heavy atom. The van der Waals surface area contributed by atoms with Crippen molar-refractivity contribution in [3.63, 3.8) is 0 Å². The summed E-state index contributed by atoms with van der Waals surface area (Å²) >= 11 is 3.64. The molecule has 36 heavy (non-hydrogen) atoms. The van der Waals surface area contributed by atoms with Crippen molar-refractivity contribution in [2.45, 2.75) is 44.9 Å². The first kappa shape index (κ1) is 26.8. The minimum absolute atomic E-state index is 0.0836.